The third-order valence-electron chi connectivity index (χ3n) is 2.54. The van der Waals surface area contributed by atoms with Gasteiger partial charge in [-0.1, -0.05) is 0 Å². The molecule has 1 amide bonds. The molecule has 0 radical (unpaired) electrons. The lowest BCUT2D eigenvalue weighted by Crippen LogP contribution is -2.41. The molecule has 1 heterocycles. The Bertz CT molecular complexity index is 367. The van der Waals surface area contributed by atoms with Crippen LogP contribution in [0.3, 0.4) is 0 Å². The molecule has 18 heavy (non-hydrogen) atoms. The summed E-state index contributed by atoms with van der Waals surface area (Å²) in [6.07, 6.45) is 0.452. The van der Waals surface area contributed by atoms with E-state index in [1.165, 1.54) is 0 Å². The Balaban J connectivity index is 2.37. The van der Waals surface area contributed by atoms with E-state index in [0.717, 1.165) is 6.42 Å². The van der Waals surface area contributed by atoms with Crippen molar-refractivity contribution < 1.29 is 9.53 Å². The summed E-state index contributed by atoms with van der Waals surface area (Å²) in [5.41, 5.74) is -0.504. The van der Waals surface area contributed by atoms with E-state index >= 15 is 0 Å². The van der Waals surface area contributed by atoms with Crippen molar-refractivity contribution in [2.75, 3.05) is 13.1 Å². The van der Waals surface area contributed by atoms with E-state index in [1.807, 2.05) is 31.7 Å². The first-order valence-electron chi connectivity index (χ1n) is 6.00. The summed E-state index contributed by atoms with van der Waals surface area (Å²) in [4.78, 5) is 13.4. The van der Waals surface area contributed by atoms with Gasteiger partial charge in [0.2, 0.25) is 0 Å². The fourth-order valence-corrected chi connectivity index (χ4v) is 1.78. The second kappa shape index (κ2) is 5.71. The number of nitrogens with one attached hydrogen (secondary N) is 2. The lowest BCUT2D eigenvalue weighted by molar-refractivity contribution is 0.0507. The monoisotopic (exact) mass is 252 g/mol. The van der Waals surface area contributed by atoms with Crippen LogP contribution >= 0.6 is 0 Å². The summed E-state index contributed by atoms with van der Waals surface area (Å²) in [6.45, 7) is 6.71. The molecule has 0 aliphatic carbocycles. The van der Waals surface area contributed by atoms with E-state index in [0.29, 0.717) is 18.9 Å². The molecule has 0 aromatic rings. The minimum atomic E-state index is -0.504. The maximum absolute atomic E-state index is 11.6. The highest BCUT2D eigenvalue weighted by atomic mass is 16.6. The predicted octanol–water partition coefficient (Wildman–Crippen LogP) is 1.48. The van der Waals surface area contributed by atoms with E-state index in [1.54, 1.807) is 0 Å². The number of alkyl carbamates (subject to hydrolysis) is 1. The SMILES string of the molecule is CC(C)(C)OC(=O)N[C@H]1CCN(C(=N)CC#N)C1. The maximum Gasteiger partial charge on any atom is 0.407 e. The number of hydrogen-bond donors (Lipinski definition) is 2. The van der Waals surface area contributed by atoms with Crippen LogP contribution in [0, 0.1) is 16.7 Å². The number of carbonyl (C=O) groups excluding carboxylic acids is 1. The molecule has 2 N–H and O–H groups in total. The van der Waals surface area contributed by atoms with Crippen LogP contribution in [-0.2, 0) is 4.74 Å². The summed E-state index contributed by atoms with van der Waals surface area (Å²) in [5.74, 6) is 0.311. The van der Waals surface area contributed by atoms with Gasteiger partial charge in [-0.3, -0.25) is 5.41 Å². The second-order valence-corrected chi connectivity index (χ2v) is 5.36. The van der Waals surface area contributed by atoms with Gasteiger partial charge in [0, 0.05) is 13.1 Å². The molecule has 100 valence electrons. The number of rotatable bonds is 2. The summed E-state index contributed by atoms with van der Waals surface area (Å²) >= 11 is 0. The largest absolute Gasteiger partial charge is 0.444 e. The van der Waals surface area contributed by atoms with Crippen LogP contribution < -0.4 is 5.32 Å². The number of hydrogen-bond acceptors (Lipinski definition) is 4. The Morgan fingerprint density at radius 3 is 2.83 bits per heavy atom. The van der Waals surface area contributed by atoms with Crippen LogP contribution in [0.15, 0.2) is 0 Å². The molecular formula is C12H20N4O2. The van der Waals surface area contributed by atoms with Gasteiger partial charge in [0.1, 0.15) is 11.4 Å². The molecule has 0 bridgehead atoms. The van der Waals surface area contributed by atoms with E-state index in [2.05, 4.69) is 5.32 Å². The number of ether oxygens (including phenoxy) is 1. The van der Waals surface area contributed by atoms with Crippen molar-refractivity contribution in [2.45, 2.75) is 45.3 Å². The normalized spacial score (nSPS) is 19.2. The van der Waals surface area contributed by atoms with Gasteiger partial charge in [0.15, 0.2) is 0 Å². The van der Waals surface area contributed by atoms with Crippen molar-refractivity contribution >= 4 is 11.9 Å². The fraction of sp³-hybridized carbons (Fsp3) is 0.750. The third kappa shape index (κ3) is 4.62. The second-order valence-electron chi connectivity index (χ2n) is 5.36. The zero-order valence-corrected chi connectivity index (χ0v) is 11.1. The lowest BCUT2D eigenvalue weighted by Gasteiger charge is -2.22. The van der Waals surface area contributed by atoms with Gasteiger partial charge >= 0.3 is 6.09 Å². The summed E-state index contributed by atoms with van der Waals surface area (Å²) in [5, 5.41) is 19.0. The molecule has 0 aromatic heterocycles. The molecule has 0 aromatic carbocycles. The van der Waals surface area contributed by atoms with Crippen LogP contribution in [0.2, 0.25) is 0 Å². The zero-order chi connectivity index (χ0) is 13.8. The molecule has 0 saturated carbocycles. The summed E-state index contributed by atoms with van der Waals surface area (Å²) in [6, 6.07) is 1.94. The quantitative estimate of drug-likeness (QED) is 0.575. The van der Waals surface area contributed by atoms with Crippen LogP contribution in [0.25, 0.3) is 0 Å². The highest BCUT2D eigenvalue weighted by Gasteiger charge is 2.27. The molecule has 1 rings (SSSR count). The Morgan fingerprint density at radius 2 is 2.28 bits per heavy atom. The lowest BCUT2D eigenvalue weighted by atomic mass is 10.2. The van der Waals surface area contributed by atoms with E-state index in [-0.39, 0.29) is 12.5 Å². The van der Waals surface area contributed by atoms with Crippen LogP contribution in [0.1, 0.15) is 33.6 Å². The van der Waals surface area contributed by atoms with E-state index in [4.69, 9.17) is 15.4 Å². The number of amides is 1. The molecule has 6 nitrogen and oxygen atoms in total. The Hall–Kier alpha value is -1.77. The molecule has 1 aliphatic rings. The van der Waals surface area contributed by atoms with Gasteiger partial charge in [-0.05, 0) is 27.2 Å². The molecule has 6 heteroatoms. The molecule has 1 atom stereocenters. The minimum Gasteiger partial charge on any atom is -0.444 e. The van der Waals surface area contributed by atoms with Gasteiger partial charge in [-0.15, -0.1) is 0 Å². The highest BCUT2D eigenvalue weighted by Crippen LogP contribution is 2.12. The molecule has 0 spiro atoms. The summed E-state index contributed by atoms with van der Waals surface area (Å²) in [7, 11) is 0. The highest BCUT2D eigenvalue weighted by molar-refractivity contribution is 5.81. The van der Waals surface area contributed by atoms with Crippen molar-refractivity contribution in [1.82, 2.24) is 10.2 Å². The molecule has 1 fully saturated rings. The van der Waals surface area contributed by atoms with Gasteiger partial charge in [-0.2, -0.15) is 5.26 Å². The molecule has 1 aliphatic heterocycles. The molecular weight excluding hydrogens is 232 g/mol. The van der Waals surface area contributed by atoms with Gasteiger partial charge in [-0.25, -0.2) is 4.79 Å². The number of nitriles is 1. The number of nitrogens with zero attached hydrogens (tertiary/aromatic N) is 2. The van der Waals surface area contributed by atoms with Crippen LogP contribution in [-0.4, -0.2) is 41.6 Å². The smallest absolute Gasteiger partial charge is 0.407 e. The zero-order valence-electron chi connectivity index (χ0n) is 11.1. The number of amidine groups is 1. The average Bonchev–Trinajstić information content (AvgIpc) is 2.63. The molecule has 0 unspecified atom stereocenters. The average molecular weight is 252 g/mol. The van der Waals surface area contributed by atoms with Crippen molar-refractivity contribution in [3.05, 3.63) is 0 Å². The van der Waals surface area contributed by atoms with Crippen LogP contribution in [0.5, 0.6) is 0 Å². The first-order valence-corrected chi connectivity index (χ1v) is 6.00. The summed E-state index contributed by atoms with van der Waals surface area (Å²) < 4.78 is 5.17. The number of likely N-dealkylation sites (tertiary alicyclic amines) is 1. The van der Waals surface area contributed by atoms with Gasteiger partial charge in [0.05, 0.1) is 18.5 Å². The topological polar surface area (TPSA) is 89.2 Å². The number of carbonyl (C=O) groups is 1. The Labute approximate surface area is 107 Å². The first kappa shape index (κ1) is 14.3. The van der Waals surface area contributed by atoms with Crippen molar-refractivity contribution in [2.24, 2.45) is 0 Å². The van der Waals surface area contributed by atoms with E-state index < -0.39 is 11.7 Å². The Morgan fingerprint density at radius 1 is 1.61 bits per heavy atom. The standard InChI is InChI=1S/C12H20N4O2/c1-12(2,3)18-11(17)15-9-5-7-16(8-9)10(14)4-6-13/h9,14H,4-5,7-8H2,1-3H3,(H,15,17)/t9-/m0/s1. The first-order chi connectivity index (χ1) is 8.31. The Kier molecular flexibility index (Phi) is 4.54. The third-order valence-corrected chi connectivity index (χ3v) is 2.54. The molecule has 1 saturated heterocycles. The minimum absolute atomic E-state index is 0.0149. The fourth-order valence-electron chi connectivity index (χ4n) is 1.78. The maximum atomic E-state index is 11.6. The van der Waals surface area contributed by atoms with E-state index in [9.17, 15) is 4.79 Å². The van der Waals surface area contributed by atoms with Crippen LogP contribution in [0.4, 0.5) is 4.79 Å². The van der Waals surface area contributed by atoms with Crippen molar-refractivity contribution in [3.63, 3.8) is 0 Å². The van der Waals surface area contributed by atoms with Gasteiger partial charge < -0.3 is 15.0 Å². The van der Waals surface area contributed by atoms with Crippen molar-refractivity contribution in [3.8, 4) is 6.07 Å². The van der Waals surface area contributed by atoms with Crippen molar-refractivity contribution in [1.29, 1.82) is 10.7 Å². The predicted molar refractivity (Wildman–Crippen MR) is 67.3 cm³/mol. The van der Waals surface area contributed by atoms with Gasteiger partial charge in [0.25, 0.3) is 0 Å².